The average molecular weight is 218 g/mol. The zero-order valence-electron chi connectivity index (χ0n) is 9.27. The molecule has 2 rings (SSSR count). The van der Waals surface area contributed by atoms with Crippen molar-refractivity contribution in [3.05, 3.63) is 29.8 Å². The Morgan fingerprint density at radius 2 is 2.12 bits per heavy atom. The van der Waals surface area contributed by atoms with Gasteiger partial charge in [0.1, 0.15) is 0 Å². The van der Waals surface area contributed by atoms with E-state index in [1.807, 2.05) is 24.3 Å². The first kappa shape index (κ1) is 10.7. The zero-order valence-corrected chi connectivity index (χ0v) is 9.27. The van der Waals surface area contributed by atoms with E-state index in [4.69, 9.17) is 0 Å². The molecule has 4 nitrogen and oxygen atoms in total. The van der Waals surface area contributed by atoms with Crippen LogP contribution < -0.4 is 5.32 Å². The Bertz CT molecular complexity index is 452. The molecule has 4 heteroatoms. The van der Waals surface area contributed by atoms with Crippen molar-refractivity contribution in [3.63, 3.8) is 0 Å². The number of carboxylic acid groups (broad SMARTS) is 1. The van der Waals surface area contributed by atoms with Gasteiger partial charge in [0.2, 0.25) is 0 Å². The Morgan fingerprint density at radius 1 is 1.44 bits per heavy atom. The molecule has 0 fully saturated rings. The number of benzene rings is 1. The van der Waals surface area contributed by atoms with Crippen LogP contribution in [0.2, 0.25) is 0 Å². The maximum absolute atomic E-state index is 11.2. The van der Waals surface area contributed by atoms with E-state index in [1.165, 1.54) is 0 Å². The van der Waals surface area contributed by atoms with E-state index in [-0.39, 0.29) is 6.04 Å². The first-order valence-corrected chi connectivity index (χ1v) is 5.14. The van der Waals surface area contributed by atoms with Crippen molar-refractivity contribution in [2.24, 2.45) is 10.4 Å². The van der Waals surface area contributed by atoms with Crippen LogP contribution in [0.15, 0.2) is 29.3 Å². The lowest BCUT2D eigenvalue weighted by atomic mass is 9.80. The third kappa shape index (κ3) is 1.56. The molecule has 16 heavy (non-hydrogen) atoms. The van der Waals surface area contributed by atoms with E-state index in [9.17, 15) is 9.90 Å². The molecule has 1 unspecified atom stereocenters. The molecule has 0 aliphatic carbocycles. The minimum absolute atomic E-state index is 0.345. The van der Waals surface area contributed by atoms with Crippen LogP contribution in [0.5, 0.6) is 0 Å². The van der Waals surface area contributed by atoms with Gasteiger partial charge in [0.15, 0.2) is 0 Å². The van der Waals surface area contributed by atoms with Crippen LogP contribution in [-0.4, -0.2) is 17.4 Å². The van der Waals surface area contributed by atoms with E-state index < -0.39 is 11.4 Å². The van der Waals surface area contributed by atoms with E-state index in [0.717, 1.165) is 11.3 Å². The van der Waals surface area contributed by atoms with Gasteiger partial charge in [-0.2, -0.15) is 0 Å². The van der Waals surface area contributed by atoms with Crippen LogP contribution in [0.1, 0.15) is 25.5 Å². The number of aliphatic carboxylic acids is 1. The van der Waals surface area contributed by atoms with E-state index in [1.54, 1.807) is 20.2 Å². The number of para-hydroxylation sites is 1. The largest absolute Gasteiger partial charge is 0.481 e. The number of carboxylic acids is 1. The summed E-state index contributed by atoms with van der Waals surface area (Å²) in [5, 5.41) is 12.2. The molecule has 1 heterocycles. The number of nitrogens with zero attached hydrogens (tertiary/aromatic N) is 1. The quantitative estimate of drug-likeness (QED) is 0.800. The maximum atomic E-state index is 11.2. The first-order chi connectivity index (χ1) is 7.53. The molecule has 0 amide bonds. The number of rotatable bonds is 2. The Labute approximate surface area is 94.0 Å². The van der Waals surface area contributed by atoms with Crippen molar-refractivity contribution < 1.29 is 9.90 Å². The third-order valence-electron chi connectivity index (χ3n) is 2.93. The van der Waals surface area contributed by atoms with Gasteiger partial charge in [0, 0.05) is 11.3 Å². The normalized spacial score (nSPS) is 18.8. The molecule has 0 saturated carbocycles. The van der Waals surface area contributed by atoms with Gasteiger partial charge in [-0.25, -0.2) is 0 Å². The molecule has 1 aliphatic rings. The standard InChI is InChI=1S/C12H14N2O2/c1-12(2,11(15)16)10-8-5-3-4-6-9(8)13-7-14-10/h3-7,10H,1-2H3,(H,13,14)(H,15,16). The van der Waals surface area contributed by atoms with Crippen molar-refractivity contribution in [1.82, 2.24) is 0 Å². The predicted octanol–water partition coefficient (Wildman–Crippen LogP) is 2.29. The smallest absolute Gasteiger partial charge is 0.311 e. The summed E-state index contributed by atoms with van der Waals surface area (Å²) in [6.45, 7) is 3.39. The van der Waals surface area contributed by atoms with Crippen molar-refractivity contribution in [1.29, 1.82) is 0 Å². The molecular weight excluding hydrogens is 204 g/mol. The second-order valence-electron chi connectivity index (χ2n) is 4.44. The molecule has 1 aromatic carbocycles. The summed E-state index contributed by atoms with van der Waals surface area (Å²) in [5.74, 6) is -0.841. The van der Waals surface area contributed by atoms with Gasteiger partial charge in [-0.15, -0.1) is 0 Å². The Morgan fingerprint density at radius 3 is 2.81 bits per heavy atom. The second-order valence-corrected chi connectivity index (χ2v) is 4.44. The Balaban J connectivity index is 2.47. The minimum Gasteiger partial charge on any atom is -0.481 e. The Hall–Kier alpha value is -1.84. The highest BCUT2D eigenvalue weighted by molar-refractivity contribution is 5.83. The molecule has 1 atom stereocenters. The molecule has 1 aliphatic heterocycles. The fourth-order valence-corrected chi connectivity index (χ4v) is 1.82. The lowest BCUT2D eigenvalue weighted by Crippen LogP contribution is -2.32. The van der Waals surface area contributed by atoms with Gasteiger partial charge in [-0.3, -0.25) is 9.79 Å². The summed E-state index contributed by atoms with van der Waals surface area (Å²) < 4.78 is 0. The highest BCUT2D eigenvalue weighted by Gasteiger charge is 2.39. The highest BCUT2D eigenvalue weighted by atomic mass is 16.4. The topological polar surface area (TPSA) is 61.7 Å². The number of fused-ring (bicyclic) bond motifs is 1. The first-order valence-electron chi connectivity index (χ1n) is 5.14. The highest BCUT2D eigenvalue weighted by Crippen LogP contribution is 2.41. The van der Waals surface area contributed by atoms with Gasteiger partial charge in [0.25, 0.3) is 0 Å². The Kier molecular flexibility index (Phi) is 2.42. The molecule has 0 saturated heterocycles. The third-order valence-corrected chi connectivity index (χ3v) is 2.93. The molecule has 84 valence electrons. The molecule has 1 aromatic rings. The average Bonchev–Trinajstić information content (AvgIpc) is 2.28. The monoisotopic (exact) mass is 218 g/mol. The van der Waals surface area contributed by atoms with E-state index in [0.29, 0.717) is 0 Å². The SMILES string of the molecule is CC(C)(C(=O)O)C1N=CNc2ccccc21. The summed E-state index contributed by atoms with van der Waals surface area (Å²) in [4.78, 5) is 15.5. The summed E-state index contributed by atoms with van der Waals surface area (Å²) in [5.41, 5.74) is 0.948. The summed E-state index contributed by atoms with van der Waals surface area (Å²) in [7, 11) is 0. The number of nitrogens with one attached hydrogen (secondary N) is 1. The molecule has 0 radical (unpaired) electrons. The lowest BCUT2D eigenvalue weighted by molar-refractivity contribution is -0.148. The molecule has 2 N–H and O–H groups in total. The van der Waals surface area contributed by atoms with E-state index >= 15 is 0 Å². The van der Waals surface area contributed by atoms with Crippen molar-refractivity contribution in [2.45, 2.75) is 19.9 Å². The number of hydrogen-bond donors (Lipinski definition) is 2. The molecule has 0 bridgehead atoms. The van der Waals surface area contributed by atoms with Gasteiger partial charge in [0.05, 0.1) is 17.8 Å². The van der Waals surface area contributed by atoms with Crippen LogP contribution in [-0.2, 0) is 4.79 Å². The summed E-state index contributed by atoms with van der Waals surface area (Å²) in [6, 6.07) is 7.30. The molecule has 0 spiro atoms. The van der Waals surface area contributed by atoms with Crippen LogP contribution in [0.25, 0.3) is 0 Å². The predicted molar refractivity (Wildman–Crippen MR) is 62.7 cm³/mol. The van der Waals surface area contributed by atoms with Crippen molar-refractivity contribution in [2.75, 3.05) is 5.32 Å². The van der Waals surface area contributed by atoms with Gasteiger partial charge < -0.3 is 10.4 Å². The van der Waals surface area contributed by atoms with Crippen LogP contribution in [0, 0.1) is 5.41 Å². The number of aliphatic imine (C=N–C) groups is 1. The van der Waals surface area contributed by atoms with E-state index in [2.05, 4.69) is 10.3 Å². The fraction of sp³-hybridized carbons (Fsp3) is 0.333. The van der Waals surface area contributed by atoms with Gasteiger partial charge >= 0.3 is 5.97 Å². The van der Waals surface area contributed by atoms with Gasteiger partial charge in [-0.05, 0) is 19.9 Å². The second kappa shape index (κ2) is 3.63. The van der Waals surface area contributed by atoms with Gasteiger partial charge in [-0.1, -0.05) is 18.2 Å². The number of hydrogen-bond acceptors (Lipinski definition) is 3. The molecular formula is C12H14N2O2. The molecule has 0 aromatic heterocycles. The van der Waals surface area contributed by atoms with Crippen molar-refractivity contribution in [3.8, 4) is 0 Å². The zero-order chi connectivity index (χ0) is 11.8. The maximum Gasteiger partial charge on any atom is 0.311 e. The van der Waals surface area contributed by atoms with Crippen molar-refractivity contribution >= 4 is 18.0 Å². The van der Waals surface area contributed by atoms with Crippen LogP contribution >= 0.6 is 0 Å². The number of carbonyl (C=O) groups is 1. The summed E-state index contributed by atoms with van der Waals surface area (Å²) >= 11 is 0. The lowest BCUT2D eigenvalue weighted by Gasteiger charge is -2.31. The van der Waals surface area contributed by atoms with Crippen LogP contribution in [0.4, 0.5) is 5.69 Å². The fourth-order valence-electron chi connectivity index (χ4n) is 1.82. The minimum atomic E-state index is -0.908. The number of anilines is 1. The van der Waals surface area contributed by atoms with Crippen LogP contribution in [0.3, 0.4) is 0 Å². The summed E-state index contributed by atoms with van der Waals surface area (Å²) in [6.07, 6.45) is 1.57.